The number of carbonyl (C=O) groups excluding carboxylic acids is 1. The summed E-state index contributed by atoms with van der Waals surface area (Å²) in [5.74, 6) is 0.638. The van der Waals surface area contributed by atoms with Crippen molar-refractivity contribution in [3.63, 3.8) is 0 Å². The summed E-state index contributed by atoms with van der Waals surface area (Å²) in [7, 11) is 3.31. The second-order valence-electron chi connectivity index (χ2n) is 5.83. The molecule has 0 saturated carbocycles. The molecule has 0 unspecified atom stereocenters. The second kappa shape index (κ2) is 4.56. The number of ketones is 1. The van der Waals surface area contributed by atoms with Crippen molar-refractivity contribution in [3.8, 4) is 17.0 Å². The highest BCUT2D eigenvalue weighted by atomic mass is 16.5. The molecule has 1 heterocycles. The van der Waals surface area contributed by atoms with E-state index in [1.807, 2.05) is 25.1 Å². The van der Waals surface area contributed by atoms with Crippen molar-refractivity contribution in [1.29, 1.82) is 0 Å². The highest BCUT2D eigenvalue weighted by molar-refractivity contribution is 6.26. The molecule has 23 heavy (non-hydrogen) atoms. The zero-order valence-corrected chi connectivity index (χ0v) is 13.1. The number of hydrogen-bond donors (Lipinski definition) is 0. The molecule has 4 heteroatoms. The Balaban J connectivity index is 2.25. The van der Waals surface area contributed by atoms with Crippen LogP contribution in [-0.4, -0.2) is 17.5 Å². The largest absolute Gasteiger partial charge is 0.496 e. The lowest BCUT2D eigenvalue weighted by molar-refractivity contribution is 0.104. The summed E-state index contributed by atoms with van der Waals surface area (Å²) in [5, 5.41) is 1.21. The fraction of sp³-hybridized carbons (Fsp3) is 0.158. The van der Waals surface area contributed by atoms with Crippen molar-refractivity contribution in [2.75, 3.05) is 7.11 Å². The summed E-state index contributed by atoms with van der Waals surface area (Å²) in [6, 6.07) is 11.0. The van der Waals surface area contributed by atoms with Gasteiger partial charge in [0.25, 0.3) is 5.56 Å². The van der Waals surface area contributed by atoms with E-state index < -0.39 is 0 Å². The quantitative estimate of drug-likeness (QED) is 0.543. The van der Waals surface area contributed by atoms with E-state index in [4.69, 9.17) is 4.74 Å². The van der Waals surface area contributed by atoms with Gasteiger partial charge in [0.05, 0.1) is 18.4 Å². The summed E-state index contributed by atoms with van der Waals surface area (Å²) >= 11 is 0. The fourth-order valence-corrected chi connectivity index (χ4v) is 3.44. The van der Waals surface area contributed by atoms with Crippen LogP contribution in [-0.2, 0) is 7.05 Å². The second-order valence-corrected chi connectivity index (χ2v) is 5.83. The predicted molar refractivity (Wildman–Crippen MR) is 89.3 cm³/mol. The maximum Gasteiger partial charge on any atom is 0.258 e. The highest BCUT2D eigenvalue weighted by Gasteiger charge is 2.31. The standard InChI is InChI=1S/C19H15NO3/c1-10-8-14-13(9-15(10)23-3)16-17(20(2)19(14)22)11-6-4-5-7-12(11)18(16)21/h4-9H,1-3H3. The normalized spacial score (nSPS) is 12.4. The van der Waals surface area contributed by atoms with Crippen molar-refractivity contribution in [1.82, 2.24) is 4.57 Å². The van der Waals surface area contributed by atoms with Gasteiger partial charge in [0, 0.05) is 28.9 Å². The Morgan fingerprint density at radius 3 is 2.39 bits per heavy atom. The minimum Gasteiger partial charge on any atom is -0.496 e. The van der Waals surface area contributed by atoms with Gasteiger partial charge < -0.3 is 9.30 Å². The molecule has 3 aromatic rings. The number of hydrogen-bond acceptors (Lipinski definition) is 3. The summed E-state index contributed by atoms with van der Waals surface area (Å²) in [5.41, 5.74) is 3.50. The topological polar surface area (TPSA) is 48.3 Å². The molecule has 0 spiro atoms. The minimum atomic E-state index is -0.103. The van der Waals surface area contributed by atoms with Crippen molar-refractivity contribution < 1.29 is 9.53 Å². The lowest BCUT2D eigenvalue weighted by Crippen LogP contribution is -2.20. The monoisotopic (exact) mass is 305 g/mol. The number of methoxy groups -OCH3 is 1. The van der Waals surface area contributed by atoms with Gasteiger partial charge in [-0.15, -0.1) is 0 Å². The van der Waals surface area contributed by atoms with Gasteiger partial charge in [0.2, 0.25) is 0 Å². The van der Waals surface area contributed by atoms with E-state index in [1.54, 1.807) is 36.9 Å². The molecular weight excluding hydrogens is 290 g/mol. The Hall–Kier alpha value is -2.88. The lowest BCUT2D eigenvalue weighted by Gasteiger charge is -2.13. The third kappa shape index (κ3) is 1.66. The van der Waals surface area contributed by atoms with Gasteiger partial charge >= 0.3 is 0 Å². The van der Waals surface area contributed by atoms with E-state index in [0.29, 0.717) is 33.3 Å². The first kappa shape index (κ1) is 13.8. The van der Waals surface area contributed by atoms with Crippen LogP contribution in [0.4, 0.5) is 0 Å². The molecule has 0 fully saturated rings. The Morgan fingerprint density at radius 2 is 1.70 bits per heavy atom. The molecule has 2 aromatic carbocycles. The SMILES string of the molecule is COc1cc2c3c(n(C)c(=O)c2cc1C)-c1ccccc1C3=O. The molecule has 0 bridgehead atoms. The maximum absolute atomic E-state index is 12.9. The van der Waals surface area contributed by atoms with Gasteiger partial charge in [0.1, 0.15) is 5.75 Å². The van der Waals surface area contributed by atoms with Gasteiger partial charge in [-0.3, -0.25) is 9.59 Å². The molecule has 0 radical (unpaired) electrons. The average Bonchev–Trinajstić information content (AvgIpc) is 2.86. The molecule has 1 aliphatic rings. The Kier molecular flexibility index (Phi) is 2.73. The Labute approximate surface area is 132 Å². The number of pyridine rings is 1. The van der Waals surface area contributed by atoms with Gasteiger partial charge in [0.15, 0.2) is 5.78 Å². The smallest absolute Gasteiger partial charge is 0.258 e. The molecule has 0 aliphatic heterocycles. The number of aryl methyl sites for hydroxylation is 1. The van der Waals surface area contributed by atoms with Crippen LogP contribution in [0, 0.1) is 6.92 Å². The van der Waals surface area contributed by atoms with Crippen LogP contribution in [0.2, 0.25) is 0 Å². The van der Waals surface area contributed by atoms with Crippen molar-refractivity contribution in [2.24, 2.45) is 7.05 Å². The van der Waals surface area contributed by atoms with Gasteiger partial charge in [-0.25, -0.2) is 0 Å². The molecule has 0 saturated heterocycles. The molecular formula is C19H15NO3. The van der Waals surface area contributed by atoms with Crippen molar-refractivity contribution in [2.45, 2.75) is 6.92 Å². The summed E-state index contributed by atoms with van der Waals surface area (Å²) in [6.07, 6.45) is 0. The van der Waals surface area contributed by atoms with Crippen LogP contribution >= 0.6 is 0 Å². The summed E-state index contributed by atoms with van der Waals surface area (Å²) < 4.78 is 6.95. The number of fused-ring (bicyclic) bond motifs is 5. The molecule has 4 rings (SSSR count). The average molecular weight is 305 g/mol. The van der Waals surface area contributed by atoms with E-state index in [0.717, 1.165) is 11.1 Å². The number of carbonyl (C=O) groups is 1. The van der Waals surface area contributed by atoms with E-state index >= 15 is 0 Å². The molecule has 114 valence electrons. The number of aromatic nitrogens is 1. The van der Waals surface area contributed by atoms with Crippen LogP contribution < -0.4 is 10.3 Å². The molecule has 0 N–H and O–H groups in total. The number of rotatable bonds is 1. The fourth-order valence-electron chi connectivity index (χ4n) is 3.44. The molecule has 0 amide bonds. The van der Waals surface area contributed by atoms with Crippen LogP contribution in [0.1, 0.15) is 21.5 Å². The van der Waals surface area contributed by atoms with Gasteiger partial charge in [-0.2, -0.15) is 0 Å². The van der Waals surface area contributed by atoms with Gasteiger partial charge in [-0.05, 0) is 24.6 Å². The number of benzene rings is 2. The van der Waals surface area contributed by atoms with Crippen LogP contribution in [0.15, 0.2) is 41.2 Å². The third-order valence-electron chi connectivity index (χ3n) is 4.57. The predicted octanol–water partition coefficient (Wildman–Crippen LogP) is 3.07. The maximum atomic E-state index is 12.9. The highest BCUT2D eigenvalue weighted by Crippen LogP contribution is 2.40. The zero-order chi connectivity index (χ0) is 16.3. The summed E-state index contributed by atoms with van der Waals surface area (Å²) in [4.78, 5) is 25.7. The van der Waals surface area contributed by atoms with Crippen molar-refractivity contribution in [3.05, 3.63) is 63.4 Å². The molecule has 1 aromatic heterocycles. The van der Waals surface area contributed by atoms with Crippen molar-refractivity contribution >= 4 is 16.6 Å². The molecule has 1 aliphatic carbocycles. The molecule has 0 atom stereocenters. The number of ether oxygens (including phenoxy) is 1. The first-order valence-corrected chi connectivity index (χ1v) is 7.40. The van der Waals surface area contributed by atoms with E-state index in [1.165, 1.54) is 0 Å². The number of nitrogens with zero attached hydrogens (tertiary/aromatic N) is 1. The van der Waals surface area contributed by atoms with E-state index in [2.05, 4.69) is 0 Å². The molecule has 4 nitrogen and oxygen atoms in total. The first-order valence-electron chi connectivity index (χ1n) is 7.40. The minimum absolute atomic E-state index is 0.0397. The van der Waals surface area contributed by atoms with Crippen LogP contribution in [0.3, 0.4) is 0 Å². The first-order chi connectivity index (χ1) is 11.0. The Morgan fingerprint density at radius 1 is 1.00 bits per heavy atom. The Bertz CT molecular complexity index is 1060. The van der Waals surface area contributed by atoms with Crippen LogP contribution in [0.25, 0.3) is 22.0 Å². The van der Waals surface area contributed by atoms with E-state index in [-0.39, 0.29) is 11.3 Å². The van der Waals surface area contributed by atoms with E-state index in [9.17, 15) is 9.59 Å². The lowest BCUT2D eigenvalue weighted by atomic mass is 10.0. The van der Waals surface area contributed by atoms with Crippen LogP contribution in [0.5, 0.6) is 5.75 Å². The summed E-state index contributed by atoms with van der Waals surface area (Å²) in [6.45, 7) is 1.89. The van der Waals surface area contributed by atoms with Gasteiger partial charge in [-0.1, -0.05) is 24.3 Å². The third-order valence-corrected chi connectivity index (χ3v) is 4.57. The zero-order valence-electron chi connectivity index (χ0n) is 13.1.